The van der Waals surface area contributed by atoms with Gasteiger partial charge in [-0.3, -0.25) is 9.48 Å². The van der Waals surface area contributed by atoms with Gasteiger partial charge < -0.3 is 14.4 Å². The van der Waals surface area contributed by atoms with E-state index in [-0.39, 0.29) is 12.5 Å². The van der Waals surface area contributed by atoms with Gasteiger partial charge in [-0.1, -0.05) is 5.21 Å². The van der Waals surface area contributed by atoms with Gasteiger partial charge in [0.25, 0.3) is 0 Å². The highest BCUT2D eigenvalue weighted by Gasteiger charge is 2.18. The van der Waals surface area contributed by atoms with Gasteiger partial charge in [0.05, 0.1) is 37.8 Å². The summed E-state index contributed by atoms with van der Waals surface area (Å²) in [6.45, 7) is 5.16. The molecule has 5 rings (SSSR count). The van der Waals surface area contributed by atoms with E-state index in [1.807, 2.05) is 42.1 Å². The van der Waals surface area contributed by atoms with Gasteiger partial charge in [0, 0.05) is 25.7 Å². The third kappa shape index (κ3) is 4.67. The zero-order valence-electron chi connectivity index (χ0n) is 18.3. The Labute approximate surface area is 189 Å². The van der Waals surface area contributed by atoms with Gasteiger partial charge in [0.15, 0.2) is 11.2 Å². The molecule has 33 heavy (non-hydrogen) atoms. The van der Waals surface area contributed by atoms with Crippen molar-refractivity contribution in [3.63, 3.8) is 0 Å². The number of aromatic nitrogens is 7. The van der Waals surface area contributed by atoms with Crippen LogP contribution in [0.15, 0.2) is 42.9 Å². The number of hydrogen-bond acceptors (Lipinski definition) is 8. The van der Waals surface area contributed by atoms with Crippen LogP contribution in [0.3, 0.4) is 0 Å². The van der Waals surface area contributed by atoms with E-state index in [0.29, 0.717) is 56.3 Å². The maximum absolute atomic E-state index is 11.9. The standard InChI is InChI=1S/C22H24N8O3/c1-2-33-18-5-3-17(4-6-18)30-22-19(26-27-30)13-23-20(25-22)11-16-12-24-29(14-16)8-7-28-9-10-32-15-21(28)31/h3-6,12-14H,2,7-11,15H2,1H3. The molecule has 0 saturated carbocycles. The largest absolute Gasteiger partial charge is 0.494 e. The summed E-state index contributed by atoms with van der Waals surface area (Å²) in [6, 6.07) is 7.63. The molecule has 1 amide bonds. The van der Waals surface area contributed by atoms with Crippen LogP contribution in [0.25, 0.3) is 16.9 Å². The lowest BCUT2D eigenvalue weighted by Crippen LogP contribution is -2.43. The van der Waals surface area contributed by atoms with Crippen LogP contribution in [0.5, 0.6) is 5.75 Å². The van der Waals surface area contributed by atoms with Crippen LogP contribution in [0.2, 0.25) is 0 Å². The molecule has 0 atom stereocenters. The number of carbonyl (C=O) groups is 1. The quantitative estimate of drug-likeness (QED) is 0.396. The number of fused-ring (bicyclic) bond motifs is 1. The molecule has 0 bridgehead atoms. The Bertz CT molecular complexity index is 1250. The molecule has 0 N–H and O–H groups in total. The van der Waals surface area contributed by atoms with Crippen molar-refractivity contribution in [3.05, 3.63) is 54.2 Å². The Morgan fingerprint density at radius 3 is 2.85 bits per heavy atom. The maximum Gasteiger partial charge on any atom is 0.248 e. The minimum atomic E-state index is 0.0214. The molecule has 1 aromatic carbocycles. The summed E-state index contributed by atoms with van der Waals surface area (Å²) in [4.78, 5) is 22.8. The van der Waals surface area contributed by atoms with Gasteiger partial charge in [-0.2, -0.15) is 9.78 Å². The first-order valence-electron chi connectivity index (χ1n) is 10.9. The molecular weight excluding hydrogens is 424 g/mol. The number of carbonyl (C=O) groups excluding carboxylic acids is 1. The van der Waals surface area contributed by atoms with E-state index in [1.165, 1.54) is 0 Å². The highest BCUT2D eigenvalue weighted by molar-refractivity contribution is 5.77. The van der Waals surface area contributed by atoms with Crippen LogP contribution >= 0.6 is 0 Å². The summed E-state index contributed by atoms with van der Waals surface area (Å²) in [5.41, 5.74) is 3.10. The fourth-order valence-electron chi connectivity index (χ4n) is 3.69. The zero-order chi connectivity index (χ0) is 22.6. The lowest BCUT2D eigenvalue weighted by molar-refractivity contribution is -0.142. The molecule has 11 heteroatoms. The predicted octanol–water partition coefficient (Wildman–Crippen LogP) is 1.26. The number of rotatable bonds is 8. The first kappa shape index (κ1) is 21.0. The van der Waals surface area contributed by atoms with Crippen LogP contribution in [0.4, 0.5) is 0 Å². The van der Waals surface area contributed by atoms with Crippen molar-refractivity contribution in [2.75, 3.05) is 32.9 Å². The fourth-order valence-corrected chi connectivity index (χ4v) is 3.69. The molecule has 0 aliphatic carbocycles. The Kier molecular flexibility index (Phi) is 5.94. The first-order valence-corrected chi connectivity index (χ1v) is 10.9. The zero-order valence-corrected chi connectivity index (χ0v) is 18.3. The molecular formula is C22H24N8O3. The van der Waals surface area contributed by atoms with Crippen molar-refractivity contribution in [1.29, 1.82) is 0 Å². The van der Waals surface area contributed by atoms with E-state index >= 15 is 0 Å². The maximum atomic E-state index is 11.9. The molecule has 4 aromatic rings. The number of nitrogens with zero attached hydrogens (tertiary/aromatic N) is 8. The second-order valence-corrected chi connectivity index (χ2v) is 7.65. The molecule has 1 aliphatic rings. The van der Waals surface area contributed by atoms with Gasteiger partial charge in [0.1, 0.15) is 18.2 Å². The van der Waals surface area contributed by atoms with E-state index in [2.05, 4.69) is 20.4 Å². The van der Waals surface area contributed by atoms with Crippen molar-refractivity contribution in [2.24, 2.45) is 0 Å². The van der Waals surface area contributed by atoms with E-state index in [9.17, 15) is 4.79 Å². The predicted molar refractivity (Wildman–Crippen MR) is 118 cm³/mol. The third-order valence-electron chi connectivity index (χ3n) is 5.37. The Morgan fingerprint density at radius 1 is 1.15 bits per heavy atom. The molecule has 0 radical (unpaired) electrons. The minimum Gasteiger partial charge on any atom is -0.494 e. The monoisotopic (exact) mass is 448 g/mol. The summed E-state index contributed by atoms with van der Waals surface area (Å²) in [7, 11) is 0. The van der Waals surface area contributed by atoms with Crippen LogP contribution in [-0.2, 0) is 22.5 Å². The van der Waals surface area contributed by atoms with Crippen LogP contribution in [0, 0.1) is 0 Å². The van der Waals surface area contributed by atoms with Gasteiger partial charge in [-0.25, -0.2) is 9.97 Å². The Hall–Kier alpha value is -3.86. The molecule has 1 fully saturated rings. The molecule has 1 aliphatic heterocycles. The Morgan fingerprint density at radius 2 is 2.03 bits per heavy atom. The highest BCUT2D eigenvalue weighted by atomic mass is 16.5. The number of hydrogen-bond donors (Lipinski definition) is 0. The van der Waals surface area contributed by atoms with E-state index < -0.39 is 0 Å². The number of ether oxygens (including phenoxy) is 2. The van der Waals surface area contributed by atoms with Crippen molar-refractivity contribution in [1.82, 2.24) is 39.6 Å². The lowest BCUT2D eigenvalue weighted by Gasteiger charge is -2.26. The smallest absolute Gasteiger partial charge is 0.248 e. The SMILES string of the molecule is CCOc1ccc(-n2nnc3cnc(Cc4cnn(CCN5CCOCC5=O)c4)nc32)cc1. The van der Waals surface area contributed by atoms with Gasteiger partial charge in [0.2, 0.25) is 5.91 Å². The van der Waals surface area contributed by atoms with Crippen LogP contribution in [0.1, 0.15) is 18.3 Å². The van der Waals surface area contributed by atoms with Crippen LogP contribution < -0.4 is 4.74 Å². The highest BCUT2D eigenvalue weighted by Crippen LogP contribution is 2.18. The lowest BCUT2D eigenvalue weighted by atomic mass is 10.2. The summed E-state index contributed by atoms with van der Waals surface area (Å²) in [5, 5.41) is 12.8. The molecule has 170 valence electrons. The van der Waals surface area contributed by atoms with Gasteiger partial charge in [-0.15, -0.1) is 5.10 Å². The topological polar surface area (TPSA) is 113 Å². The third-order valence-corrected chi connectivity index (χ3v) is 5.37. The molecule has 11 nitrogen and oxygen atoms in total. The number of benzene rings is 1. The molecule has 0 unspecified atom stereocenters. The molecule has 0 spiro atoms. The van der Waals surface area contributed by atoms with Crippen molar-refractivity contribution >= 4 is 17.1 Å². The molecule has 3 aromatic heterocycles. The Balaban J connectivity index is 1.29. The molecule has 4 heterocycles. The number of morpholine rings is 1. The fraction of sp³-hybridized carbons (Fsp3) is 0.364. The van der Waals surface area contributed by atoms with Gasteiger partial charge >= 0.3 is 0 Å². The average molecular weight is 448 g/mol. The number of amides is 1. The summed E-state index contributed by atoms with van der Waals surface area (Å²) >= 11 is 0. The first-order chi connectivity index (χ1) is 16.2. The van der Waals surface area contributed by atoms with Crippen molar-refractivity contribution in [3.8, 4) is 11.4 Å². The normalized spacial score (nSPS) is 14.2. The summed E-state index contributed by atoms with van der Waals surface area (Å²) in [6.07, 6.45) is 5.97. The summed E-state index contributed by atoms with van der Waals surface area (Å²) < 4.78 is 14.2. The van der Waals surface area contributed by atoms with E-state index in [4.69, 9.17) is 14.5 Å². The van der Waals surface area contributed by atoms with E-state index in [0.717, 1.165) is 17.0 Å². The minimum absolute atomic E-state index is 0.0214. The van der Waals surface area contributed by atoms with Crippen molar-refractivity contribution < 1.29 is 14.3 Å². The molecule has 1 saturated heterocycles. The van der Waals surface area contributed by atoms with Crippen molar-refractivity contribution in [2.45, 2.75) is 19.9 Å². The second kappa shape index (κ2) is 9.33. The van der Waals surface area contributed by atoms with E-state index in [1.54, 1.807) is 22.0 Å². The van der Waals surface area contributed by atoms with Crippen LogP contribution in [-0.4, -0.2) is 78.5 Å². The second-order valence-electron chi connectivity index (χ2n) is 7.65. The summed E-state index contributed by atoms with van der Waals surface area (Å²) in [5.74, 6) is 1.48. The average Bonchev–Trinajstić information content (AvgIpc) is 3.46. The van der Waals surface area contributed by atoms with Gasteiger partial charge in [-0.05, 0) is 36.8 Å².